The number of rotatable bonds is 2. The van der Waals surface area contributed by atoms with E-state index < -0.39 is 0 Å². The average Bonchev–Trinajstić information content (AvgIpc) is 2.72. The highest BCUT2D eigenvalue weighted by molar-refractivity contribution is 5.73. The van der Waals surface area contributed by atoms with Crippen molar-refractivity contribution in [2.75, 3.05) is 0 Å². The van der Waals surface area contributed by atoms with E-state index in [1.807, 2.05) is 6.92 Å². The molecule has 6 nitrogen and oxygen atoms in total. The van der Waals surface area contributed by atoms with Gasteiger partial charge in [0.2, 0.25) is 0 Å². The molecule has 90 valence electrons. The molecule has 6 heteroatoms. The van der Waals surface area contributed by atoms with Crippen molar-refractivity contribution in [2.45, 2.75) is 13.5 Å². The molecule has 0 aliphatic carbocycles. The maximum atomic E-state index is 12.1. The van der Waals surface area contributed by atoms with Gasteiger partial charge in [0.05, 0.1) is 0 Å². The third-order valence-electron chi connectivity index (χ3n) is 2.88. The van der Waals surface area contributed by atoms with E-state index in [-0.39, 0.29) is 11.2 Å². The van der Waals surface area contributed by atoms with Crippen LogP contribution in [-0.2, 0) is 20.6 Å². The Hall–Kier alpha value is -2.11. The average molecular weight is 234 g/mol. The summed E-state index contributed by atoms with van der Waals surface area (Å²) >= 11 is 0. The summed E-state index contributed by atoms with van der Waals surface area (Å²) in [6.07, 6.45) is 1.58. The standard InChI is InChI=1S/C11H14N4O2/c1-5-7-12-9-8(15(7)6-2)10(16)14(4)11(17)13(9)3/h5H,1,6H2,2-4H3. The van der Waals surface area contributed by atoms with Gasteiger partial charge in [-0.2, -0.15) is 0 Å². The maximum Gasteiger partial charge on any atom is 0.332 e. The minimum atomic E-state index is -0.376. The molecule has 2 aromatic heterocycles. The molecule has 0 atom stereocenters. The Morgan fingerprint density at radius 2 is 1.94 bits per heavy atom. The number of aromatic nitrogens is 4. The quantitative estimate of drug-likeness (QED) is 0.740. The topological polar surface area (TPSA) is 61.8 Å². The van der Waals surface area contributed by atoms with Crippen molar-refractivity contribution in [2.24, 2.45) is 14.1 Å². The van der Waals surface area contributed by atoms with Crippen LogP contribution in [0.3, 0.4) is 0 Å². The molecule has 0 aromatic carbocycles. The van der Waals surface area contributed by atoms with E-state index in [9.17, 15) is 9.59 Å². The fourth-order valence-electron chi connectivity index (χ4n) is 1.94. The molecule has 0 unspecified atom stereocenters. The van der Waals surface area contributed by atoms with Crippen LogP contribution in [0.2, 0.25) is 0 Å². The van der Waals surface area contributed by atoms with Gasteiger partial charge in [0, 0.05) is 20.6 Å². The number of imidazole rings is 1. The zero-order valence-corrected chi connectivity index (χ0v) is 10.1. The van der Waals surface area contributed by atoms with Gasteiger partial charge in [0.15, 0.2) is 11.2 Å². The lowest BCUT2D eigenvalue weighted by molar-refractivity contribution is 0.699. The van der Waals surface area contributed by atoms with Crippen LogP contribution in [0.1, 0.15) is 12.7 Å². The van der Waals surface area contributed by atoms with Gasteiger partial charge in [-0.15, -0.1) is 0 Å². The van der Waals surface area contributed by atoms with Crippen molar-refractivity contribution < 1.29 is 0 Å². The third kappa shape index (κ3) is 1.37. The summed E-state index contributed by atoms with van der Waals surface area (Å²) in [5, 5.41) is 0. The van der Waals surface area contributed by atoms with Crippen LogP contribution < -0.4 is 11.2 Å². The van der Waals surface area contributed by atoms with Crippen molar-refractivity contribution in [1.29, 1.82) is 0 Å². The van der Waals surface area contributed by atoms with E-state index in [0.717, 1.165) is 4.57 Å². The number of fused-ring (bicyclic) bond motifs is 1. The first-order valence-electron chi connectivity index (χ1n) is 5.31. The van der Waals surface area contributed by atoms with Gasteiger partial charge in [0.1, 0.15) is 5.82 Å². The molecule has 0 amide bonds. The second kappa shape index (κ2) is 3.73. The van der Waals surface area contributed by atoms with Crippen LogP contribution in [-0.4, -0.2) is 18.7 Å². The fraction of sp³-hybridized carbons (Fsp3) is 0.364. The van der Waals surface area contributed by atoms with Gasteiger partial charge < -0.3 is 4.57 Å². The lowest BCUT2D eigenvalue weighted by Gasteiger charge is -2.04. The molecule has 0 bridgehead atoms. The van der Waals surface area contributed by atoms with Gasteiger partial charge in [-0.3, -0.25) is 13.9 Å². The largest absolute Gasteiger partial charge is 0.332 e. The van der Waals surface area contributed by atoms with Crippen molar-refractivity contribution in [3.8, 4) is 0 Å². The van der Waals surface area contributed by atoms with Crippen LogP contribution in [0, 0.1) is 0 Å². The summed E-state index contributed by atoms with van der Waals surface area (Å²) in [6.45, 7) is 6.18. The molecule has 0 radical (unpaired) electrons. The van der Waals surface area contributed by atoms with Crippen molar-refractivity contribution >= 4 is 17.2 Å². The van der Waals surface area contributed by atoms with E-state index in [4.69, 9.17) is 0 Å². The normalized spacial score (nSPS) is 11.0. The summed E-state index contributed by atoms with van der Waals surface area (Å²) in [7, 11) is 3.06. The Balaban J connectivity index is 3.15. The Kier molecular flexibility index (Phi) is 2.49. The van der Waals surface area contributed by atoms with E-state index in [1.165, 1.54) is 11.6 Å². The predicted molar refractivity (Wildman–Crippen MR) is 66.0 cm³/mol. The van der Waals surface area contributed by atoms with Gasteiger partial charge in [-0.1, -0.05) is 6.58 Å². The molecule has 2 heterocycles. The summed E-state index contributed by atoms with van der Waals surface area (Å²) < 4.78 is 4.21. The molecule has 0 aliphatic rings. The molecule has 0 fully saturated rings. The van der Waals surface area contributed by atoms with Crippen LogP contribution in [0.5, 0.6) is 0 Å². The highest BCUT2D eigenvalue weighted by Crippen LogP contribution is 2.11. The molecule has 2 aromatic rings. The predicted octanol–water partition coefficient (Wildman–Crippen LogP) is 0.0966. The Morgan fingerprint density at radius 1 is 1.29 bits per heavy atom. The van der Waals surface area contributed by atoms with E-state index in [1.54, 1.807) is 17.7 Å². The molecule has 0 spiro atoms. The van der Waals surface area contributed by atoms with Gasteiger partial charge >= 0.3 is 5.69 Å². The molecule has 0 saturated heterocycles. The molecular formula is C11H14N4O2. The second-order valence-corrected chi connectivity index (χ2v) is 3.80. The van der Waals surface area contributed by atoms with Crippen LogP contribution >= 0.6 is 0 Å². The Labute approximate surface area is 97.4 Å². The summed E-state index contributed by atoms with van der Waals surface area (Å²) in [5.74, 6) is 0.598. The van der Waals surface area contributed by atoms with Crippen molar-refractivity contribution in [3.05, 3.63) is 33.2 Å². The maximum absolute atomic E-state index is 12.1. The summed E-state index contributed by atoms with van der Waals surface area (Å²) in [6, 6.07) is 0. The van der Waals surface area contributed by atoms with E-state index >= 15 is 0 Å². The van der Waals surface area contributed by atoms with E-state index in [2.05, 4.69) is 11.6 Å². The van der Waals surface area contributed by atoms with Crippen LogP contribution in [0.25, 0.3) is 17.2 Å². The van der Waals surface area contributed by atoms with Crippen LogP contribution in [0.4, 0.5) is 0 Å². The zero-order valence-electron chi connectivity index (χ0n) is 10.1. The smallest absolute Gasteiger partial charge is 0.319 e. The zero-order chi connectivity index (χ0) is 12.7. The molecule has 0 saturated carbocycles. The number of hydrogen-bond acceptors (Lipinski definition) is 3. The fourth-order valence-corrected chi connectivity index (χ4v) is 1.94. The minimum Gasteiger partial charge on any atom is -0.319 e. The highest BCUT2D eigenvalue weighted by Gasteiger charge is 2.16. The van der Waals surface area contributed by atoms with Crippen LogP contribution in [0.15, 0.2) is 16.2 Å². The number of aryl methyl sites for hydroxylation is 2. The van der Waals surface area contributed by atoms with Crippen molar-refractivity contribution in [3.63, 3.8) is 0 Å². The molecule has 2 rings (SSSR count). The number of nitrogens with zero attached hydrogens (tertiary/aromatic N) is 4. The van der Waals surface area contributed by atoms with Crippen molar-refractivity contribution in [1.82, 2.24) is 18.7 Å². The van der Waals surface area contributed by atoms with Gasteiger partial charge in [-0.25, -0.2) is 9.78 Å². The molecule has 0 N–H and O–H groups in total. The number of hydrogen-bond donors (Lipinski definition) is 0. The molecule has 17 heavy (non-hydrogen) atoms. The molecular weight excluding hydrogens is 220 g/mol. The lowest BCUT2D eigenvalue weighted by Crippen LogP contribution is -2.37. The Bertz CT molecular complexity index is 718. The first-order chi connectivity index (χ1) is 8.02. The lowest BCUT2D eigenvalue weighted by atomic mass is 10.5. The third-order valence-corrected chi connectivity index (χ3v) is 2.88. The summed E-state index contributed by atoms with van der Waals surface area (Å²) in [5.41, 5.74) is 0.131. The Morgan fingerprint density at radius 3 is 2.47 bits per heavy atom. The minimum absolute atomic E-state index is 0.328. The second-order valence-electron chi connectivity index (χ2n) is 3.80. The molecule has 0 aliphatic heterocycles. The first kappa shape index (κ1) is 11.4. The summed E-state index contributed by atoms with van der Waals surface area (Å²) in [4.78, 5) is 28.1. The first-order valence-corrected chi connectivity index (χ1v) is 5.31. The SMILES string of the molecule is C=Cc1nc2c(c(=O)n(C)c(=O)n2C)n1CC. The monoisotopic (exact) mass is 234 g/mol. The van der Waals surface area contributed by atoms with Gasteiger partial charge in [0.25, 0.3) is 5.56 Å². The van der Waals surface area contributed by atoms with Gasteiger partial charge in [-0.05, 0) is 13.0 Å². The highest BCUT2D eigenvalue weighted by atomic mass is 16.2. The van der Waals surface area contributed by atoms with E-state index in [0.29, 0.717) is 23.5 Å².